The smallest absolute Gasteiger partial charge is 0.135 e. The maximum Gasteiger partial charge on any atom is 0.135 e. The molecule has 0 aromatic carbocycles. The largest absolute Gasteiger partial charge is 0.387 e. The molecule has 1 N–H and O–H groups in total. The first-order valence-corrected chi connectivity index (χ1v) is 6.55. The van der Waals surface area contributed by atoms with E-state index in [0.29, 0.717) is 5.57 Å². The van der Waals surface area contributed by atoms with Gasteiger partial charge in [-0.05, 0) is 19.8 Å². The Balaban J connectivity index is 1.91. The van der Waals surface area contributed by atoms with Crippen molar-refractivity contribution in [2.45, 2.75) is 25.9 Å². The SMILES string of the molecule is Cc1csc(C(C#N)=CNCC2CCCO2)n1. The Morgan fingerprint density at radius 2 is 2.71 bits per heavy atom. The van der Waals surface area contributed by atoms with Gasteiger partial charge in [0, 0.05) is 30.4 Å². The van der Waals surface area contributed by atoms with E-state index in [1.807, 2.05) is 12.3 Å². The lowest BCUT2D eigenvalue weighted by Gasteiger charge is -2.08. The van der Waals surface area contributed by atoms with Gasteiger partial charge in [0.05, 0.1) is 6.10 Å². The molecule has 1 atom stereocenters. The molecule has 2 rings (SSSR count). The molecule has 1 aromatic rings. The molecule has 2 heterocycles. The number of nitrogens with zero attached hydrogens (tertiary/aromatic N) is 2. The summed E-state index contributed by atoms with van der Waals surface area (Å²) in [5, 5.41) is 14.9. The minimum absolute atomic E-state index is 0.282. The average molecular weight is 249 g/mol. The third kappa shape index (κ3) is 3.29. The van der Waals surface area contributed by atoms with Crippen molar-refractivity contribution < 1.29 is 4.74 Å². The molecular weight excluding hydrogens is 234 g/mol. The Morgan fingerprint density at radius 3 is 3.29 bits per heavy atom. The van der Waals surface area contributed by atoms with Crippen LogP contribution in [0.3, 0.4) is 0 Å². The molecule has 17 heavy (non-hydrogen) atoms. The molecule has 4 nitrogen and oxygen atoms in total. The van der Waals surface area contributed by atoms with Crippen LogP contribution < -0.4 is 5.32 Å². The van der Waals surface area contributed by atoms with Crippen LogP contribution in [0.5, 0.6) is 0 Å². The lowest BCUT2D eigenvalue weighted by atomic mass is 10.2. The lowest BCUT2D eigenvalue weighted by molar-refractivity contribution is 0.113. The van der Waals surface area contributed by atoms with E-state index in [2.05, 4.69) is 16.4 Å². The summed E-state index contributed by atoms with van der Waals surface area (Å²) in [7, 11) is 0. The Morgan fingerprint density at radius 1 is 1.82 bits per heavy atom. The van der Waals surface area contributed by atoms with Gasteiger partial charge in [-0.1, -0.05) is 0 Å². The molecular formula is C12H15N3OS. The van der Waals surface area contributed by atoms with Crippen LogP contribution in [0.1, 0.15) is 23.5 Å². The molecule has 0 amide bonds. The first kappa shape index (κ1) is 12.1. The Kier molecular flexibility index (Phi) is 4.13. The molecule has 5 heteroatoms. The number of ether oxygens (including phenoxy) is 1. The summed E-state index contributed by atoms with van der Waals surface area (Å²) >= 11 is 1.49. The second-order valence-electron chi connectivity index (χ2n) is 4.01. The van der Waals surface area contributed by atoms with Crippen molar-refractivity contribution in [3.63, 3.8) is 0 Å². The van der Waals surface area contributed by atoms with Crippen molar-refractivity contribution in [2.24, 2.45) is 0 Å². The normalized spacial score (nSPS) is 20.2. The van der Waals surface area contributed by atoms with Crippen molar-refractivity contribution in [1.82, 2.24) is 10.3 Å². The van der Waals surface area contributed by atoms with Crippen LogP contribution in [0.2, 0.25) is 0 Å². The summed E-state index contributed by atoms with van der Waals surface area (Å²) < 4.78 is 5.49. The highest BCUT2D eigenvalue weighted by molar-refractivity contribution is 7.10. The number of aromatic nitrogens is 1. The summed E-state index contributed by atoms with van der Waals surface area (Å²) in [5.74, 6) is 0. The fourth-order valence-electron chi connectivity index (χ4n) is 1.72. The maximum absolute atomic E-state index is 9.06. The molecule has 1 saturated heterocycles. The average Bonchev–Trinajstić information content (AvgIpc) is 2.96. The van der Waals surface area contributed by atoms with Crippen LogP contribution in [-0.4, -0.2) is 24.2 Å². The van der Waals surface area contributed by atoms with Crippen LogP contribution in [0, 0.1) is 18.3 Å². The molecule has 1 aliphatic heterocycles. The summed E-state index contributed by atoms with van der Waals surface area (Å²) in [6, 6.07) is 2.16. The quantitative estimate of drug-likeness (QED) is 0.830. The van der Waals surface area contributed by atoms with E-state index < -0.39 is 0 Å². The second kappa shape index (κ2) is 5.80. The number of hydrogen-bond acceptors (Lipinski definition) is 5. The Labute approximate surface area is 105 Å². The van der Waals surface area contributed by atoms with Crippen LogP contribution in [0.25, 0.3) is 5.57 Å². The van der Waals surface area contributed by atoms with Gasteiger partial charge >= 0.3 is 0 Å². The number of rotatable bonds is 4. The molecule has 0 radical (unpaired) electrons. The van der Waals surface area contributed by atoms with Crippen molar-refractivity contribution >= 4 is 16.9 Å². The van der Waals surface area contributed by atoms with E-state index in [1.54, 1.807) is 6.20 Å². The van der Waals surface area contributed by atoms with Gasteiger partial charge in [0.2, 0.25) is 0 Å². The molecule has 90 valence electrons. The van der Waals surface area contributed by atoms with Crippen molar-refractivity contribution in [3.8, 4) is 6.07 Å². The van der Waals surface area contributed by atoms with E-state index in [0.717, 1.165) is 36.7 Å². The van der Waals surface area contributed by atoms with Gasteiger partial charge in [0.15, 0.2) is 0 Å². The summed E-state index contributed by atoms with van der Waals surface area (Å²) in [6.45, 7) is 3.54. The van der Waals surface area contributed by atoms with Gasteiger partial charge in [-0.3, -0.25) is 0 Å². The number of nitriles is 1. The van der Waals surface area contributed by atoms with E-state index in [9.17, 15) is 0 Å². The number of thiazole rings is 1. The zero-order valence-electron chi connectivity index (χ0n) is 9.77. The van der Waals surface area contributed by atoms with Crippen LogP contribution in [0.4, 0.5) is 0 Å². The van der Waals surface area contributed by atoms with Crippen LogP contribution >= 0.6 is 11.3 Å². The minimum Gasteiger partial charge on any atom is -0.387 e. The van der Waals surface area contributed by atoms with Gasteiger partial charge in [-0.15, -0.1) is 11.3 Å². The van der Waals surface area contributed by atoms with E-state index in [1.165, 1.54) is 11.3 Å². The number of nitrogens with one attached hydrogen (secondary N) is 1. The van der Waals surface area contributed by atoms with Gasteiger partial charge in [-0.2, -0.15) is 5.26 Å². The Hall–Kier alpha value is -1.38. The number of aryl methyl sites for hydroxylation is 1. The van der Waals surface area contributed by atoms with Gasteiger partial charge in [0.25, 0.3) is 0 Å². The van der Waals surface area contributed by atoms with Gasteiger partial charge in [-0.25, -0.2) is 4.98 Å². The summed E-state index contributed by atoms with van der Waals surface area (Å²) in [5.41, 5.74) is 1.53. The third-order valence-electron chi connectivity index (χ3n) is 2.59. The predicted molar refractivity (Wildman–Crippen MR) is 67.4 cm³/mol. The molecule has 0 aliphatic carbocycles. The standard InChI is InChI=1S/C12H15N3OS/c1-9-8-17-12(15-9)10(5-13)6-14-7-11-3-2-4-16-11/h6,8,11,14H,2-4,7H2,1H3. The van der Waals surface area contributed by atoms with Gasteiger partial charge in [0.1, 0.15) is 16.6 Å². The zero-order valence-corrected chi connectivity index (χ0v) is 10.6. The van der Waals surface area contributed by atoms with Crippen molar-refractivity contribution in [3.05, 3.63) is 22.3 Å². The monoisotopic (exact) mass is 249 g/mol. The lowest BCUT2D eigenvalue weighted by Crippen LogP contribution is -2.22. The van der Waals surface area contributed by atoms with Crippen LogP contribution in [-0.2, 0) is 4.74 Å². The topological polar surface area (TPSA) is 57.9 Å². The fourth-order valence-corrected chi connectivity index (χ4v) is 2.48. The summed E-state index contributed by atoms with van der Waals surface area (Å²) in [6.07, 6.45) is 4.25. The maximum atomic E-state index is 9.06. The first-order chi connectivity index (χ1) is 8.29. The predicted octanol–water partition coefficient (Wildman–Crippen LogP) is 2.08. The fraction of sp³-hybridized carbons (Fsp3) is 0.500. The molecule has 0 spiro atoms. The number of allylic oxidation sites excluding steroid dienone is 1. The molecule has 1 fully saturated rings. The van der Waals surface area contributed by atoms with E-state index >= 15 is 0 Å². The molecule has 1 aromatic heterocycles. The molecule has 0 saturated carbocycles. The van der Waals surface area contributed by atoms with Crippen molar-refractivity contribution in [2.75, 3.05) is 13.2 Å². The zero-order chi connectivity index (χ0) is 12.1. The second-order valence-corrected chi connectivity index (χ2v) is 4.87. The highest BCUT2D eigenvalue weighted by atomic mass is 32.1. The molecule has 1 unspecified atom stereocenters. The van der Waals surface area contributed by atoms with E-state index in [-0.39, 0.29) is 6.10 Å². The third-order valence-corrected chi connectivity index (χ3v) is 3.58. The highest BCUT2D eigenvalue weighted by Gasteiger charge is 2.14. The van der Waals surface area contributed by atoms with Gasteiger partial charge < -0.3 is 10.1 Å². The minimum atomic E-state index is 0.282. The first-order valence-electron chi connectivity index (χ1n) is 5.67. The summed E-state index contributed by atoms with van der Waals surface area (Å²) in [4.78, 5) is 4.29. The van der Waals surface area contributed by atoms with Crippen molar-refractivity contribution in [1.29, 1.82) is 5.26 Å². The Bertz CT molecular complexity index is 441. The van der Waals surface area contributed by atoms with E-state index in [4.69, 9.17) is 10.00 Å². The number of hydrogen-bond donors (Lipinski definition) is 1. The molecule has 1 aliphatic rings. The highest BCUT2D eigenvalue weighted by Crippen LogP contribution is 2.18. The van der Waals surface area contributed by atoms with Crippen LogP contribution in [0.15, 0.2) is 11.6 Å². The molecule has 0 bridgehead atoms.